The first-order valence-corrected chi connectivity index (χ1v) is 9.06. The molecule has 0 heterocycles. The number of amides is 2. The number of rotatable bonds is 8. The van der Waals surface area contributed by atoms with Crippen LogP contribution in [0.1, 0.15) is 40.4 Å². The molecule has 0 aromatic heterocycles. The van der Waals surface area contributed by atoms with Gasteiger partial charge in [-0.25, -0.2) is 0 Å². The molecule has 27 heavy (non-hydrogen) atoms. The van der Waals surface area contributed by atoms with Gasteiger partial charge in [0, 0.05) is 11.3 Å². The summed E-state index contributed by atoms with van der Waals surface area (Å²) in [6, 6.07) is 13.1. The molecule has 4 N–H and O–H groups in total. The van der Waals surface area contributed by atoms with Gasteiger partial charge in [0.05, 0.1) is 19.7 Å². The summed E-state index contributed by atoms with van der Waals surface area (Å²) in [5, 5.41) is 6.23. The summed E-state index contributed by atoms with van der Waals surface area (Å²) in [5.41, 5.74) is 8.38. The maximum atomic E-state index is 12.5. The highest BCUT2D eigenvalue weighted by atomic mass is 16.5. The molecule has 0 bridgehead atoms. The molecule has 3 rings (SSSR count). The summed E-state index contributed by atoms with van der Waals surface area (Å²) in [7, 11) is 1.63. The number of carbonyl (C=O) groups excluding carboxylic acids is 2. The third-order valence-electron chi connectivity index (χ3n) is 4.92. The van der Waals surface area contributed by atoms with Crippen LogP contribution >= 0.6 is 0 Å². The summed E-state index contributed by atoms with van der Waals surface area (Å²) in [5.74, 6) is 0.703. The molecule has 1 aliphatic rings. The molecule has 6 nitrogen and oxygen atoms in total. The summed E-state index contributed by atoms with van der Waals surface area (Å²) < 4.78 is 5.20. The van der Waals surface area contributed by atoms with Gasteiger partial charge in [-0.15, -0.1) is 0 Å². The van der Waals surface area contributed by atoms with Gasteiger partial charge in [-0.05, 0) is 61.1 Å². The molecule has 1 atom stereocenters. The van der Waals surface area contributed by atoms with Crippen LogP contribution in [0.3, 0.4) is 0 Å². The van der Waals surface area contributed by atoms with Gasteiger partial charge in [-0.3, -0.25) is 9.59 Å². The molecule has 1 unspecified atom stereocenters. The molecule has 6 heteroatoms. The number of hydrogen-bond acceptors (Lipinski definition) is 4. The monoisotopic (exact) mass is 367 g/mol. The van der Waals surface area contributed by atoms with Crippen molar-refractivity contribution in [2.45, 2.75) is 25.8 Å². The van der Waals surface area contributed by atoms with E-state index in [1.807, 2.05) is 37.3 Å². The highest BCUT2D eigenvalue weighted by molar-refractivity contribution is 5.96. The SMILES string of the molecule is COc1ccc(C(NC(=O)CNc2cccc(C(N)=O)c2C)C2CC2)cc1. The smallest absolute Gasteiger partial charge is 0.249 e. The maximum absolute atomic E-state index is 12.5. The van der Waals surface area contributed by atoms with E-state index in [2.05, 4.69) is 10.6 Å². The lowest BCUT2D eigenvalue weighted by atomic mass is 10.0. The summed E-state index contributed by atoms with van der Waals surface area (Å²) in [6.45, 7) is 1.94. The van der Waals surface area contributed by atoms with E-state index < -0.39 is 5.91 Å². The number of hydrogen-bond donors (Lipinski definition) is 3. The number of primary amides is 1. The minimum atomic E-state index is -0.478. The van der Waals surface area contributed by atoms with E-state index in [0.717, 1.165) is 35.4 Å². The quantitative estimate of drug-likeness (QED) is 0.669. The average Bonchev–Trinajstić information content (AvgIpc) is 3.50. The van der Waals surface area contributed by atoms with Gasteiger partial charge in [0.1, 0.15) is 5.75 Å². The fourth-order valence-electron chi connectivity index (χ4n) is 3.21. The zero-order chi connectivity index (χ0) is 19.4. The highest BCUT2D eigenvalue weighted by Crippen LogP contribution is 2.41. The maximum Gasteiger partial charge on any atom is 0.249 e. The van der Waals surface area contributed by atoms with Gasteiger partial charge in [0.15, 0.2) is 0 Å². The van der Waals surface area contributed by atoms with Crippen molar-refractivity contribution in [1.82, 2.24) is 5.32 Å². The van der Waals surface area contributed by atoms with Crippen LogP contribution in [-0.4, -0.2) is 25.5 Å². The van der Waals surface area contributed by atoms with Crippen molar-refractivity contribution < 1.29 is 14.3 Å². The Balaban J connectivity index is 1.63. The Kier molecular flexibility index (Phi) is 5.64. The summed E-state index contributed by atoms with van der Waals surface area (Å²) in [4.78, 5) is 23.9. The van der Waals surface area contributed by atoms with Gasteiger partial charge in [0.2, 0.25) is 11.8 Å². The Morgan fingerprint density at radius 3 is 2.48 bits per heavy atom. The summed E-state index contributed by atoms with van der Waals surface area (Å²) in [6.07, 6.45) is 2.23. The Morgan fingerprint density at radius 2 is 1.89 bits per heavy atom. The predicted molar refractivity (Wildman–Crippen MR) is 105 cm³/mol. The van der Waals surface area contributed by atoms with Crippen LogP contribution in [0.4, 0.5) is 5.69 Å². The van der Waals surface area contributed by atoms with E-state index >= 15 is 0 Å². The van der Waals surface area contributed by atoms with Crippen molar-refractivity contribution in [2.24, 2.45) is 11.7 Å². The van der Waals surface area contributed by atoms with Crippen LogP contribution in [0.25, 0.3) is 0 Å². The first-order chi connectivity index (χ1) is 13.0. The van der Waals surface area contributed by atoms with Gasteiger partial charge >= 0.3 is 0 Å². The van der Waals surface area contributed by atoms with Crippen LogP contribution in [0.2, 0.25) is 0 Å². The highest BCUT2D eigenvalue weighted by Gasteiger charge is 2.33. The zero-order valence-corrected chi connectivity index (χ0v) is 15.6. The van der Waals surface area contributed by atoms with Crippen molar-refractivity contribution >= 4 is 17.5 Å². The Hall–Kier alpha value is -3.02. The fourth-order valence-corrected chi connectivity index (χ4v) is 3.21. The lowest BCUT2D eigenvalue weighted by molar-refractivity contribution is -0.120. The van der Waals surface area contributed by atoms with E-state index in [1.54, 1.807) is 19.2 Å². The molecular formula is C21H25N3O3. The van der Waals surface area contributed by atoms with E-state index in [4.69, 9.17) is 10.5 Å². The van der Waals surface area contributed by atoms with Crippen LogP contribution in [0, 0.1) is 12.8 Å². The number of carbonyl (C=O) groups is 2. The number of nitrogens with two attached hydrogens (primary N) is 1. The molecule has 0 aliphatic heterocycles. The third kappa shape index (κ3) is 4.58. The first-order valence-electron chi connectivity index (χ1n) is 9.06. The van der Waals surface area contributed by atoms with E-state index in [1.165, 1.54) is 0 Å². The van der Waals surface area contributed by atoms with Gasteiger partial charge in [0.25, 0.3) is 0 Å². The Bertz CT molecular complexity index is 829. The Morgan fingerprint density at radius 1 is 1.19 bits per heavy atom. The summed E-state index contributed by atoms with van der Waals surface area (Å²) >= 11 is 0. The second-order valence-electron chi connectivity index (χ2n) is 6.85. The van der Waals surface area contributed by atoms with E-state index in [9.17, 15) is 9.59 Å². The lowest BCUT2D eigenvalue weighted by Gasteiger charge is -2.20. The Labute approximate surface area is 159 Å². The van der Waals surface area contributed by atoms with Crippen molar-refractivity contribution in [3.8, 4) is 5.75 Å². The predicted octanol–water partition coefficient (Wildman–Crippen LogP) is 2.78. The van der Waals surface area contributed by atoms with Crippen LogP contribution < -0.4 is 21.1 Å². The molecule has 2 amide bonds. The van der Waals surface area contributed by atoms with Crippen molar-refractivity contribution in [1.29, 1.82) is 0 Å². The average molecular weight is 367 g/mol. The molecule has 1 fully saturated rings. The number of anilines is 1. The standard InChI is InChI=1S/C21H25N3O3/c1-13-17(21(22)26)4-3-5-18(13)23-12-19(25)24-20(14-6-7-14)15-8-10-16(27-2)11-9-15/h3-5,8-11,14,20,23H,6-7,12H2,1-2H3,(H2,22,26)(H,24,25). The fraction of sp³-hybridized carbons (Fsp3) is 0.333. The normalized spacial score (nSPS) is 14.3. The molecule has 142 valence electrons. The number of nitrogens with one attached hydrogen (secondary N) is 2. The molecule has 2 aromatic rings. The van der Waals surface area contributed by atoms with Crippen LogP contribution in [0.15, 0.2) is 42.5 Å². The van der Waals surface area contributed by atoms with Crippen molar-refractivity contribution in [3.63, 3.8) is 0 Å². The topological polar surface area (TPSA) is 93.4 Å². The van der Waals surface area contributed by atoms with E-state index in [-0.39, 0.29) is 18.5 Å². The molecule has 1 saturated carbocycles. The largest absolute Gasteiger partial charge is 0.497 e. The third-order valence-corrected chi connectivity index (χ3v) is 4.92. The van der Waals surface area contributed by atoms with E-state index in [0.29, 0.717) is 11.5 Å². The molecule has 0 radical (unpaired) electrons. The molecule has 0 saturated heterocycles. The van der Waals surface area contributed by atoms with Crippen molar-refractivity contribution in [3.05, 3.63) is 59.2 Å². The first kappa shape index (κ1) is 18.8. The van der Waals surface area contributed by atoms with Gasteiger partial charge in [-0.1, -0.05) is 18.2 Å². The number of benzene rings is 2. The van der Waals surface area contributed by atoms with Crippen LogP contribution in [0.5, 0.6) is 5.75 Å². The zero-order valence-electron chi connectivity index (χ0n) is 15.6. The van der Waals surface area contributed by atoms with Crippen molar-refractivity contribution in [2.75, 3.05) is 19.0 Å². The molecular weight excluding hydrogens is 342 g/mol. The lowest BCUT2D eigenvalue weighted by Crippen LogP contribution is -2.34. The second-order valence-corrected chi connectivity index (χ2v) is 6.85. The van der Waals surface area contributed by atoms with Gasteiger partial charge < -0.3 is 21.1 Å². The molecule has 2 aromatic carbocycles. The number of ether oxygens (including phenoxy) is 1. The number of methoxy groups -OCH3 is 1. The minimum absolute atomic E-state index is 0.00302. The molecule has 1 aliphatic carbocycles. The second kappa shape index (κ2) is 8.12. The van der Waals surface area contributed by atoms with Crippen LogP contribution in [-0.2, 0) is 4.79 Å². The molecule has 0 spiro atoms. The minimum Gasteiger partial charge on any atom is -0.497 e. The van der Waals surface area contributed by atoms with Gasteiger partial charge in [-0.2, -0.15) is 0 Å².